The van der Waals surface area contributed by atoms with E-state index in [1.54, 1.807) is 7.05 Å². The summed E-state index contributed by atoms with van der Waals surface area (Å²) in [6, 6.07) is 4.05. The largest absolute Gasteiger partial charge is 0.479 e. The molecule has 1 rings (SSSR count). The minimum absolute atomic E-state index is 0.0596. The summed E-state index contributed by atoms with van der Waals surface area (Å²) in [5, 5.41) is 22.3. The van der Waals surface area contributed by atoms with Crippen LogP contribution < -0.4 is 10.1 Å². The summed E-state index contributed by atoms with van der Waals surface area (Å²) in [6.07, 6.45) is -1.01. The number of carboxylic acid groups (broad SMARTS) is 1. The first-order valence-corrected chi connectivity index (χ1v) is 5.27. The quantitative estimate of drug-likeness (QED) is 0.583. The highest BCUT2D eigenvalue weighted by molar-refractivity contribution is 5.72. The van der Waals surface area contributed by atoms with Crippen LogP contribution in [0.25, 0.3) is 0 Å². The van der Waals surface area contributed by atoms with Gasteiger partial charge in [-0.15, -0.1) is 0 Å². The molecule has 0 spiro atoms. The van der Waals surface area contributed by atoms with Crippen molar-refractivity contribution < 1.29 is 19.6 Å². The van der Waals surface area contributed by atoms with Crippen molar-refractivity contribution in [3.8, 4) is 5.75 Å². The van der Waals surface area contributed by atoms with E-state index in [1.165, 1.54) is 25.1 Å². The van der Waals surface area contributed by atoms with E-state index in [0.717, 1.165) is 0 Å². The molecule has 1 aromatic carbocycles. The molecule has 0 aliphatic carbocycles. The van der Waals surface area contributed by atoms with Crippen molar-refractivity contribution in [2.45, 2.75) is 19.6 Å². The third-order valence-corrected chi connectivity index (χ3v) is 2.27. The van der Waals surface area contributed by atoms with Crippen molar-refractivity contribution in [2.75, 3.05) is 7.05 Å². The molecule has 1 atom stereocenters. The number of hydrogen-bond acceptors (Lipinski definition) is 5. The fourth-order valence-corrected chi connectivity index (χ4v) is 1.36. The van der Waals surface area contributed by atoms with Crippen LogP contribution in [0.1, 0.15) is 12.5 Å². The van der Waals surface area contributed by atoms with Gasteiger partial charge in [-0.2, -0.15) is 0 Å². The van der Waals surface area contributed by atoms with Crippen LogP contribution in [0.3, 0.4) is 0 Å². The molecule has 1 unspecified atom stereocenters. The van der Waals surface area contributed by atoms with Gasteiger partial charge in [-0.1, -0.05) is 0 Å². The number of nitro groups is 1. The molecule has 0 aliphatic rings. The monoisotopic (exact) mass is 254 g/mol. The Morgan fingerprint density at radius 3 is 2.78 bits per heavy atom. The number of nitro benzene ring substituents is 1. The van der Waals surface area contributed by atoms with E-state index >= 15 is 0 Å². The lowest BCUT2D eigenvalue weighted by atomic mass is 10.1. The number of carbonyl (C=O) groups is 1. The fourth-order valence-electron chi connectivity index (χ4n) is 1.36. The van der Waals surface area contributed by atoms with Gasteiger partial charge in [0.2, 0.25) is 0 Å². The number of benzene rings is 1. The minimum Gasteiger partial charge on any atom is -0.479 e. The van der Waals surface area contributed by atoms with Gasteiger partial charge in [-0.05, 0) is 20.0 Å². The Morgan fingerprint density at radius 2 is 2.28 bits per heavy atom. The Hall–Kier alpha value is -2.15. The summed E-state index contributed by atoms with van der Waals surface area (Å²) in [6.45, 7) is 1.75. The number of nitrogens with zero attached hydrogens (tertiary/aromatic N) is 1. The number of non-ortho nitro benzene ring substituents is 1. The van der Waals surface area contributed by atoms with E-state index in [0.29, 0.717) is 17.9 Å². The van der Waals surface area contributed by atoms with Crippen LogP contribution in [0, 0.1) is 10.1 Å². The first kappa shape index (κ1) is 13.9. The van der Waals surface area contributed by atoms with Crippen LogP contribution in [0.15, 0.2) is 18.2 Å². The minimum atomic E-state index is -1.09. The van der Waals surface area contributed by atoms with E-state index in [-0.39, 0.29) is 5.69 Å². The molecule has 1 aromatic rings. The second-order valence-electron chi connectivity index (χ2n) is 3.68. The Balaban J connectivity index is 3.03. The molecule has 7 nitrogen and oxygen atoms in total. The van der Waals surface area contributed by atoms with Crippen LogP contribution in [0.4, 0.5) is 5.69 Å². The van der Waals surface area contributed by atoms with E-state index in [1.807, 2.05) is 0 Å². The van der Waals surface area contributed by atoms with Crippen LogP contribution >= 0.6 is 0 Å². The molecular formula is C11H14N2O5. The maximum Gasteiger partial charge on any atom is 0.344 e. The Kier molecular flexibility index (Phi) is 4.61. The molecule has 0 saturated heterocycles. The molecule has 0 fully saturated rings. The van der Waals surface area contributed by atoms with E-state index < -0.39 is 17.0 Å². The Bertz CT molecular complexity index is 461. The van der Waals surface area contributed by atoms with Crippen LogP contribution in [-0.2, 0) is 11.3 Å². The highest BCUT2D eigenvalue weighted by atomic mass is 16.6. The second-order valence-corrected chi connectivity index (χ2v) is 3.68. The lowest BCUT2D eigenvalue weighted by molar-refractivity contribution is -0.384. The summed E-state index contributed by atoms with van der Waals surface area (Å²) in [7, 11) is 1.68. The van der Waals surface area contributed by atoms with Crippen LogP contribution in [0.2, 0.25) is 0 Å². The van der Waals surface area contributed by atoms with Crippen LogP contribution in [0.5, 0.6) is 5.75 Å². The topological polar surface area (TPSA) is 102 Å². The van der Waals surface area contributed by atoms with Gasteiger partial charge in [0, 0.05) is 24.2 Å². The fraction of sp³-hybridized carbons (Fsp3) is 0.364. The number of aliphatic carboxylic acids is 1. The van der Waals surface area contributed by atoms with Crippen molar-refractivity contribution in [1.82, 2.24) is 5.32 Å². The van der Waals surface area contributed by atoms with Gasteiger partial charge < -0.3 is 15.2 Å². The standard InChI is InChI=1S/C11H14N2O5/c1-7(11(14)15)18-10-4-3-9(13(16)17)5-8(10)6-12-2/h3-5,7,12H,6H2,1-2H3,(H,14,15). The molecule has 0 aromatic heterocycles. The summed E-state index contributed by atoms with van der Waals surface area (Å²) in [4.78, 5) is 20.8. The zero-order valence-corrected chi connectivity index (χ0v) is 10.0. The molecule has 98 valence electrons. The first-order chi connectivity index (χ1) is 8.45. The summed E-state index contributed by atoms with van der Waals surface area (Å²) in [5.74, 6) is -0.770. The summed E-state index contributed by atoms with van der Waals surface area (Å²) in [5.41, 5.74) is 0.482. The van der Waals surface area contributed by atoms with Crippen molar-refractivity contribution in [2.24, 2.45) is 0 Å². The summed E-state index contributed by atoms with van der Waals surface area (Å²) >= 11 is 0. The van der Waals surface area contributed by atoms with Crippen LogP contribution in [-0.4, -0.2) is 29.2 Å². The predicted molar refractivity (Wildman–Crippen MR) is 63.6 cm³/mol. The van der Waals surface area contributed by atoms with E-state index in [4.69, 9.17) is 9.84 Å². The smallest absolute Gasteiger partial charge is 0.344 e. The molecule has 2 N–H and O–H groups in total. The molecule has 0 amide bonds. The van der Waals surface area contributed by atoms with Gasteiger partial charge >= 0.3 is 5.97 Å². The molecule has 0 heterocycles. The van der Waals surface area contributed by atoms with Crippen molar-refractivity contribution in [1.29, 1.82) is 0 Å². The lowest BCUT2D eigenvalue weighted by Gasteiger charge is -2.14. The Labute approximate surface area is 104 Å². The normalized spacial score (nSPS) is 11.9. The summed E-state index contributed by atoms with van der Waals surface area (Å²) < 4.78 is 5.23. The number of rotatable bonds is 6. The van der Waals surface area contributed by atoms with Gasteiger partial charge in [0.15, 0.2) is 6.10 Å². The van der Waals surface area contributed by atoms with Crippen molar-refractivity contribution in [3.63, 3.8) is 0 Å². The second kappa shape index (κ2) is 5.97. The third-order valence-electron chi connectivity index (χ3n) is 2.27. The molecule has 18 heavy (non-hydrogen) atoms. The number of ether oxygens (including phenoxy) is 1. The Morgan fingerprint density at radius 1 is 1.61 bits per heavy atom. The number of nitrogens with one attached hydrogen (secondary N) is 1. The molecular weight excluding hydrogens is 240 g/mol. The average molecular weight is 254 g/mol. The molecule has 0 bridgehead atoms. The maximum atomic E-state index is 10.7. The molecule has 0 saturated carbocycles. The molecule has 0 aliphatic heterocycles. The highest BCUT2D eigenvalue weighted by Gasteiger charge is 2.17. The zero-order valence-electron chi connectivity index (χ0n) is 10.0. The first-order valence-electron chi connectivity index (χ1n) is 5.27. The van der Waals surface area contributed by atoms with E-state index in [9.17, 15) is 14.9 Å². The number of hydrogen-bond donors (Lipinski definition) is 2. The van der Waals surface area contributed by atoms with Gasteiger partial charge in [0.25, 0.3) is 5.69 Å². The number of carboxylic acids is 1. The van der Waals surface area contributed by atoms with Crippen molar-refractivity contribution in [3.05, 3.63) is 33.9 Å². The van der Waals surface area contributed by atoms with Gasteiger partial charge in [0.1, 0.15) is 5.75 Å². The predicted octanol–water partition coefficient (Wildman–Crippen LogP) is 1.17. The van der Waals surface area contributed by atoms with Gasteiger partial charge in [0.05, 0.1) is 4.92 Å². The molecule has 0 radical (unpaired) electrons. The lowest BCUT2D eigenvalue weighted by Crippen LogP contribution is -2.23. The average Bonchev–Trinajstić information content (AvgIpc) is 2.31. The van der Waals surface area contributed by atoms with Gasteiger partial charge in [-0.3, -0.25) is 10.1 Å². The van der Waals surface area contributed by atoms with Gasteiger partial charge in [-0.25, -0.2) is 4.79 Å². The van der Waals surface area contributed by atoms with E-state index in [2.05, 4.69) is 5.32 Å². The highest BCUT2D eigenvalue weighted by Crippen LogP contribution is 2.25. The maximum absolute atomic E-state index is 10.7. The zero-order chi connectivity index (χ0) is 13.7. The van der Waals surface area contributed by atoms with Crippen molar-refractivity contribution >= 4 is 11.7 Å². The SMILES string of the molecule is CNCc1cc([N+](=O)[O-])ccc1OC(C)C(=O)O. The molecule has 7 heteroatoms. The third kappa shape index (κ3) is 3.42.